The van der Waals surface area contributed by atoms with E-state index in [0.717, 1.165) is 0 Å². The number of nitrogens with two attached hydrogens (primary N) is 2. The molecule has 4 amide bonds. The molecular weight excluding hydrogens is 406 g/mol. The number of carboxylic acid groups (broad SMARTS) is 1. The number of aliphatic hydroxyl groups is 1. The number of nitrogens with zero attached hydrogens (tertiary/aromatic N) is 1. The van der Waals surface area contributed by atoms with Crippen LogP contribution in [0.25, 0.3) is 0 Å². The second-order valence-corrected chi connectivity index (χ2v) is 7.14. The van der Waals surface area contributed by atoms with Gasteiger partial charge in [0.1, 0.15) is 12.1 Å². The van der Waals surface area contributed by atoms with Crippen LogP contribution in [0.1, 0.15) is 26.2 Å². The van der Waals surface area contributed by atoms with E-state index in [2.05, 4.69) is 23.3 Å². The van der Waals surface area contributed by atoms with E-state index in [0.29, 0.717) is 6.42 Å². The fourth-order valence-electron chi connectivity index (χ4n) is 2.92. The molecule has 0 aromatic carbocycles. The molecule has 8 N–H and O–H groups in total. The van der Waals surface area contributed by atoms with E-state index < -0.39 is 66.3 Å². The monoisotopic (exact) mass is 433 g/mol. The molecule has 0 bridgehead atoms. The van der Waals surface area contributed by atoms with Crippen molar-refractivity contribution in [3.8, 4) is 0 Å². The van der Waals surface area contributed by atoms with Gasteiger partial charge < -0.3 is 37.2 Å². The highest BCUT2D eigenvalue weighted by Crippen LogP contribution is 2.19. The zero-order valence-electron chi connectivity index (χ0n) is 15.9. The number of carbonyl (C=O) groups is 5. The first-order valence-corrected chi connectivity index (χ1v) is 9.59. The predicted molar refractivity (Wildman–Crippen MR) is 104 cm³/mol. The van der Waals surface area contributed by atoms with Crippen LogP contribution in [0.15, 0.2) is 0 Å². The molecule has 12 nitrogen and oxygen atoms in total. The van der Waals surface area contributed by atoms with Gasteiger partial charge in [0.05, 0.1) is 18.6 Å². The lowest BCUT2D eigenvalue weighted by atomic mass is 10.1. The molecule has 0 aliphatic carbocycles. The maximum atomic E-state index is 12.8. The lowest BCUT2D eigenvalue weighted by Gasteiger charge is -2.29. The highest BCUT2D eigenvalue weighted by atomic mass is 32.1. The van der Waals surface area contributed by atoms with Gasteiger partial charge >= 0.3 is 5.97 Å². The Morgan fingerprint density at radius 1 is 1.24 bits per heavy atom. The van der Waals surface area contributed by atoms with Crippen molar-refractivity contribution in [2.24, 2.45) is 11.5 Å². The third-order valence-corrected chi connectivity index (χ3v) is 4.80. The molecular formula is C16H27N5O7S. The van der Waals surface area contributed by atoms with E-state index in [-0.39, 0.29) is 18.7 Å². The zero-order chi connectivity index (χ0) is 22.3. The highest BCUT2D eigenvalue weighted by molar-refractivity contribution is 7.80. The van der Waals surface area contributed by atoms with Gasteiger partial charge in [0, 0.05) is 12.3 Å². The molecule has 0 aromatic rings. The Morgan fingerprint density at radius 2 is 1.86 bits per heavy atom. The molecule has 1 rings (SSSR count). The standard InChI is InChI=1S/C16H27N5O7S/c1-7(22)12(16(27)28)20-14(25)10-3-2-4-21(10)15(26)9(6-29)19-13(24)8(17)5-11(18)23/h7-10,12,22,29H,2-6,17H2,1H3,(H2,18,23)(H,19,24)(H,20,25)(H,27,28). The second kappa shape index (κ2) is 11.0. The molecule has 0 radical (unpaired) electrons. The number of aliphatic hydroxyl groups excluding tert-OH is 1. The molecule has 5 atom stereocenters. The van der Waals surface area contributed by atoms with Crippen molar-refractivity contribution in [1.29, 1.82) is 0 Å². The van der Waals surface area contributed by atoms with Crippen LogP contribution in [0, 0.1) is 0 Å². The number of amides is 4. The molecule has 1 fully saturated rings. The second-order valence-electron chi connectivity index (χ2n) is 6.78. The van der Waals surface area contributed by atoms with E-state index in [1.807, 2.05) is 0 Å². The number of aliphatic carboxylic acids is 1. The Bertz CT molecular complexity index is 660. The summed E-state index contributed by atoms with van der Waals surface area (Å²) in [5, 5.41) is 23.2. The van der Waals surface area contributed by atoms with E-state index in [9.17, 15) is 29.1 Å². The minimum absolute atomic E-state index is 0.0931. The van der Waals surface area contributed by atoms with Crippen molar-refractivity contribution in [3.63, 3.8) is 0 Å². The van der Waals surface area contributed by atoms with Crippen LogP contribution in [0.2, 0.25) is 0 Å². The number of primary amides is 1. The van der Waals surface area contributed by atoms with Gasteiger partial charge in [-0.1, -0.05) is 0 Å². The molecule has 1 heterocycles. The van der Waals surface area contributed by atoms with Crippen LogP contribution in [0.3, 0.4) is 0 Å². The van der Waals surface area contributed by atoms with E-state index in [1.54, 1.807) is 0 Å². The summed E-state index contributed by atoms with van der Waals surface area (Å²) in [4.78, 5) is 60.6. The van der Waals surface area contributed by atoms with Crippen molar-refractivity contribution in [1.82, 2.24) is 15.5 Å². The van der Waals surface area contributed by atoms with Gasteiger partial charge in [-0.3, -0.25) is 19.2 Å². The first-order valence-electron chi connectivity index (χ1n) is 8.96. The van der Waals surface area contributed by atoms with Crippen LogP contribution in [0.5, 0.6) is 0 Å². The lowest BCUT2D eigenvalue weighted by Crippen LogP contribution is -2.58. The van der Waals surface area contributed by atoms with Crippen LogP contribution in [-0.4, -0.2) is 87.3 Å². The van der Waals surface area contributed by atoms with Crippen molar-refractivity contribution in [2.75, 3.05) is 12.3 Å². The predicted octanol–water partition coefficient (Wildman–Crippen LogP) is -3.46. The maximum Gasteiger partial charge on any atom is 0.328 e. The Kier molecular flexibility index (Phi) is 9.33. The average Bonchev–Trinajstić information content (AvgIpc) is 3.11. The molecule has 13 heteroatoms. The largest absolute Gasteiger partial charge is 0.480 e. The van der Waals surface area contributed by atoms with Crippen molar-refractivity contribution < 1.29 is 34.2 Å². The first kappa shape index (κ1) is 24.7. The number of likely N-dealkylation sites (tertiary alicyclic amines) is 1. The summed E-state index contributed by atoms with van der Waals surface area (Å²) in [6.07, 6.45) is -0.953. The van der Waals surface area contributed by atoms with Crippen molar-refractivity contribution >= 4 is 42.2 Å². The summed E-state index contributed by atoms with van der Waals surface area (Å²) in [5.74, 6) is -4.36. The Balaban J connectivity index is 2.84. The zero-order valence-corrected chi connectivity index (χ0v) is 16.8. The number of thiol groups is 1. The third-order valence-electron chi connectivity index (χ3n) is 4.44. The summed E-state index contributed by atoms with van der Waals surface area (Å²) in [5.41, 5.74) is 10.5. The van der Waals surface area contributed by atoms with Crippen molar-refractivity contribution in [3.05, 3.63) is 0 Å². The summed E-state index contributed by atoms with van der Waals surface area (Å²) >= 11 is 4.05. The van der Waals surface area contributed by atoms with Crippen LogP contribution < -0.4 is 22.1 Å². The first-order chi connectivity index (χ1) is 13.5. The van der Waals surface area contributed by atoms with Crippen LogP contribution in [-0.2, 0) is 24.0 Å². The molecule has 1 saturated heterocycles. The molecule has 164 valence electrons. The van der Waals surface area contributed by atoms with Crippen molar-refractivity contribution in [2.45, 2.75) is 56.5 Å². The molecule has 1 aliphatic rings. The minimum atomic E-state index is -1.52. The summed E-state index contributed by atoms with van der Waals surface area (Å²) < 4.78 is 0. The maximum absolute atomic E-state index is 12.8. The topological polar surface area (TPSA) is 205 Å². The number of hydrogen-bond donors (Lipinski definition) is 7. The van der Waals surface area contributed by atoms with Gasteiger partial charge in [0.2, 0.25) is 23.6 Å². The van der Waals surface area contributed by atoms with Gasteiger partial charge in [-0.25, -0.2) is 4.79 Å². The van der Waals surface area contributed by atoms with Gasteiger partial charge in [0.15, 0.2) is 6.04 Å². The fourth-order valence-corrected chi connectivity index (χ4v) is 3.16. The molecule has 29 heavy (non-hydrogen) atoms. The normalized spacial score (nSPS) is 20.3. The average molecular weight is 433 g/mol. The van der Waals surface area contributed by atoms with Gasteiger partial charge in [-0.2, -0.15) is 12.6 Å². The third kappa shape index (κ3) is 6.87. The van der Waals surface area contributed by atoms with Crippen LogP contribution >= 0.6 is 12.6 Å². The minimum Gasteiger partial charge on any atom is -0.480 e. The smallest absolute Gasteiger partial charge is 0.328 e. The fraction of sp³-hybridized carbons (Fsp3) is 0.688. The molecule has 0 aromatic heterocycles. The molecule has 0 saturated carbocycles. The van der Waals surface area contributed by atoms with Gasteiger partial charge in [-0.05, 0) is 19.8 Å². The lowest BCUT2D eigenvalue weighted by molar-refractivity contribution is -0.147. The summed E-state index contributed by atoms with van der Waals surface area (Å²) in [6.45, 7) is 1.44. The number of nitrogens with one attached hydrogen (secondary N) is 2. The van der Waals surface area contributed by atoms with E-state index in [1.165, 1.54) is 11.8 Å². The summed E-state index contributed by atoms with van der Waals surface area (Å²) in [6, 6.07) is -4.82. The number of hydrogen-bond acceptors (Lipinski definition) is 8. The Hall–Kier alpha value is -2.38. The number of carboxylic acids is 1. The van der Waals surface area contributed by atoms with Gasteiger partial charge in [0.25, 0.3) is 0 Å². The summed E-state index contributed by atoms with van der Waals surface area (Å²) in [7, 11) is 0. The number of carbonyl (C=O) groups excluding carboxylic acids is 4. The Morgan fingerprint density at radius 3 is 2.34 bits per heavy atom. The van der Waals surface area contributed by atoms with Gasteiger partial charge in [-0.15, -0.1) is 0 Å². The molecule has 0 spiro atoms. The van der Waals surface area contributed by atoms with E-state index >= 15 is 0 Å². The highest BCUT2D eigenvalue weighted by Gasteiger charge is 2.39. The Labute approximate surface area is 172 Å². The van der Waals surface area contributed by atoms with E-state index in [4.69, 9.17) is 16.6 Å². The SMILES string of the molecule is CC(O)C(NC(=O)C1CCCN1C(=O)C(CS)NC(=O)C(N)CC(N)=O)C(=O)O. The quantitative estimate of drug-likeness (QED) is 0.172. The molecule has 1 aliphatic heterocycles. The number of rotatable bonds is 10. The van der Waals surface area contributed by atoms with Crippen LogP contribution in [0.4, 0.5) is 0 Å². The molecule has 5 unspecified atom stereocenters.